The van der Waals surface area contributed by atoms with E-state index in [1.807, 2.05) is 30.3 Å². The molecular formula is C21H24N2O3. The van der Waals surface area contributed by atoms with E-state index in [0.717, 1.165) is 41.0 Å². The Hall–Kier alpha value is -2.53. The quantitative estimate of drug-likeness (QED) is 0.748. The number of rotatable bonds is 5. The molecule has 0 radical (unpaired) electrons. The van der Waals surface area contributed by atoms with Crippen molar-refractivity contribution in [2.75, 3.05) is 20.2 Å². The Balaban J connectivity index is 1.66. The summed E-state index contributed by atoms with van der Waals surface area (Å²) >= 11 is 0. The van der Waals surface area contributed by atoms with E-state index in [0.29, 0.717) is 18.5 Å². The smallest absolute Gasteiger partial charge is 0.175 e. The van der Waals surface area contributed by atoms with Gasteiger partial charge in [-0.15, -0.1) is 0 Å². The van der Waals surface area contributed by atoms with Gasteiger partial charge in [0.05, 0.1) is 18.4 Å². The minimum absolute atomic E-state index is 0.281. The number of phenolic OH excluding ortho intramolecular Hbond substituents is 1. The molecule has 0 aliphatic carbocycles. The number of nitrogens with zero attached hydrogens (tertiary/aromatic N) is 2. The van der Waals surface area contributed by atoms with Crippen LogP contribution < -0.4 is 4.74 Å². The van der Waals surface area contributed by atoms with Gasteiger partial charge in [0.25, 0.3) is 0 Å². The van der Waals surface area contributed by atoms with Gasteiger partial charge in [0.2, 0.25) is 0 Å². The van der Waals surface area contributed by atoms with Crippen molar-refractivity contribution in [2.45, 2.75) is 32.2 Å². The molecule has 0 saturated carbocycles. The number of aromatic nitrogens is 1. The van der Waals surface area contributed by atoms with E-state index in [-0.39, 0.29) is 5.75 Å². The first-order valence-electron chi connectivity index (χ1n) is 9.19. The summed E-state index contributed by atoms with van der Waals surface area (Å²) in [4.78, 5) is 2.38. The zero-order valence-electron chi connectivity index (χ0n) is 15.1. The fourth-order valence-electron chi connectivity index (χ4n) is 3.75. The molecule has 1 N–H and O–H groups in total. The number of methoxy groups -OCH3 is 1. The van der Waals surface area contributed by atoms with Crippen LogP contribution in [0.15, 0.2) is 40.9 Å². The van der Waals surface area contributed by atoms with Crippen LogP contribution in [-0.4, -0.2) is 35.4 Å². The topological polar surface area (TPSA) is 58.7 Å². The van der Waals surface area contributed by atoms with Gasteiger partial charge in [-0.2, -0.15) is 0 Å². The number of aromatic hydroxyl groups is 1. The van der Waals surface area contributed by atoms with Crippen LogP contribution in [0.1, 0.15) is 36.1 Å². The monoisotopic (exact) mass is 352 g/mol. The number of likely N-dealkylation sites (tertiary alicyclic amines) is 1. The lowest BCUT2D eigenvalue weighted by Crippen LogP contribution is -2.29. The Bertz CT molecular complexity index is 897. The Morgan fingerprint density at radius 1 is 1.12 bits per heavy atom. The minimum Gasteiger partial charge on any atom is -0.507 e. The number of para-hydroxylation sites is 1. The van der Waals surface area contributed by atoms with Crippen molar-refractivity contribution >= 4 is 11.0 Å². The Morgan fingerprint density at radius 3 is 2.73 bits per heavy atom. The molecule has 5 heteroatoms. The van der Waals surface area contributed by atoms with Crippen LogP contribution in [0.25, 0.3) is 11.0 Å². The summed E-state index contributed by atoms with van der Waals surface area (Å²) in [6, 6.07) is 11.6. The van der Waals surface area contributed by atoms with Gasteiger partial charge >= 0.3 is 0 Å². The van der Waals surface area contributed by atoms with Gasteiger partial charge in [-0.3, -0.25) is 4.90 Å². The van der Waals surface area contributed by atoms with Gasteiger partial charge in [0, 0.05) is 23.9 Å². The Morgan fingerprint density at radius 2 is 1.92 bits per heavy atom. The first-order chi connectivity index (χ1) is 12.8. The molecule has 1 aliphatic rings. The number of fused-ring (bicyclic) bond motifs is 1. The molecule has 0 spiro atoms. The molecule has 136 valence electrons. The van der Waals surface area contributed by atoms with Gasteiger partial charge < -0.3 is 14.4 Å². The molecule has 1 aliphatic heterocycles. The third kappa shape index (κ3) is 3.27. The number of piperidine rings is 1. The molecule has 3 aromatic rings. The van der Waals surface area contributed by atoms with E-state index in [2.05, 4.69) is 10.1 Å². The molecule has 4 rings (SSSR count). The molecule has 2 heterocycles. The number of hydrogen-bond donors (Lipinski definition) is 1. The number of phenols is 1. The molecule has 1 aromatic heterocycles. The molecule has 1 saturated heterocycles. The van der Waals surface area contributed by atoms with Crippen molar-refractivity contribution in [3.63, 3.8) is 0 Å². The fourth-order valence-corrected chi connectivity index (χ4v) is 3.75. The highest BCUT2D eigenvalue weighted by Crippen LogP contribution is 2.32. The van der Waals surface area contributed by atoms with E-state index in [4.69, 9.17) is 9.26 Å². The summed E-state index contributed by atoms with van der Waals surface area (Å²) in [7, 11) is 1.68. The third-order valence-electron chi connectivity index (χ3n) is 5.17. The predicted octanol–water partition coefficient (Wildman–Crippen LogP) is 4.12. The normalized spacial score (nSPS) is 15.4. The molecule has 0 atom stereocenters. The van der Waals surface area contributed by atoms with Crippen LogP contribution in [0.3, 0.4) is 0 Å². The number of ether oxygens (including phenoxy) is 1. The second-order valence-electron chi connectivity index (χ2n) is 6.89. The van der Waals surface area contributed by atoms with E-state index < -0.39 is 0 Å². The molecule has 2 aromatic carbocycles. The molecule has 26 heavy (non-hydrogen) atoms. The van der Waals surface area contributed by atoms with Gasteiger partial charge in [0.15, 0.2) is 5.58 Å². The maximum atomic E-state index is 10.4. The second kappa shape index (κ2) is 7.38. The van der Waals surface area contributed by atoms with Crippen molar-refractivity contribution in [1.82, 2.24) is 10.1 Å². The first kappa shape index (κ1) is 16.9. The van der Waals surface area contributed by atoms with Gasteiger partial charge in [-0.25, -0.2) is 0 Å². The first-order valence-corrected chi connectivity index (χ1v) is 9.19. The lowest BCUT2D eigenvalue weighted by molar-refractivity contribution is 0.218. The summed E-state index contributed by atoms with van der Waals surface area (Å²) in [5, 5.41) is 15.6. The highest BCUT2D eigenvalue weighted by molar-refractivity contribution is 5.84. The summed E-state index contributed by atoms with van der Waals surface area (Å²) in [5.41, 5.74) is 3.46. The van der Waals surface area contributed by atoms with Crippen molar-refractivity contribution in [3.05, 3.63) is 53.2 Å². The predicted molar refractivity (Wildman–Crippen MR) is 101 cm³/mol. The molecular weight excluding hydrogens is 328 g/mol. The van der Waals surface area contributed by atoms with E-state index in [1.54, 1.807) is 13.2 Å². The van der Waals surface area contributed by atoms with Crippen molar-refractivity contribution in [1.29, 1.82) is 0 Å². The highest BCUT2D eigenvalue weighted by atomic mass is 16.5. The maximum absolute atomic E-state index is 10.4. The average molecular weight is 352 g/mol. The fraction of sp³-hybridized carbons (Fsp3) is 0.381. The Kier molecular flexibility index (Phi) is 4.80. The second-order valence-corrected chi connectivity index (χ2v) is 6.89. The molecule has 0 bridgehead atoms. The van der Waals surface area contributed by atoms with Crippen molar-refractivity contribution < 1.29 is 14.4 Å². The lowest BCUT2D eigenvalue weighted by Gasteiger charge is -2.26. The molecule has 0 unspecified atom stereocenters. The molecule has 1 fully saturated rings. The van der Waals surface area contributed by atoms with Gasteiger partial charge in [-0.1, -0.05) is 29.8 Å². The Labute approximate surface area is 153 Å². The van der Waals surface area contributed by atoms with E-state index in [9.17, 15) is 5.11 Å². The van der Waals surface area contributed by atoms with Crippen LogP contribution >= 0.6 is 0 Å². The van der Waals surface area contributed by atoms with Crippen molar-refractivity contribution in [2.24, 2.45) is 0 Å². The van der Waals surface area contributed by atoms with Crippen LogP contribution in [-0.2, 0) is 13.0 Å². The minimum atomic E-state index is 0.281. The van der Waals surface area contributed by atoms with Gasteiger partial charge in [0.1, 0.15) is 11.5 Å². The zero-order chi connectivity index (χ0) is 17.9. The van der Waals surface area contributed by atoms with E-state index in [1.165, 1.54) is 19.3 Å². The average Bonchev–Trinajstić information content (AvgIpc) is 3.08. The molecule has 0 amide bonds. The number of hydrogen-bond acceptors (Lipinski definition) is 5. The summed E-state index contributed by atoms with van der Waals surface area (Å²) in [6.07, 6.45) is 4.35. The lowest BCUT2D eigenvalue weighted by atomic mass is 10.0. The summed E-state index contributed by atoms with van der Waals surface area (Å²) in [5.74, 6) is 1.12. The number of benzene rings is 2. The summed E-state index contributed by atoms with van der Waals surface area (Å²) < 4.78 is 11.1. The van der Waals surface area contributed by atoms with Crippen molar-refractivity contribution in [3.8, 4) is 11.5 Å². The van der Waals surface area contributed by atoms with Crippen LogP contribution in [0.2, 0.25) is 0 Å². The van der Waals surface area contributed by atoms with E-state index >= 15 is 0 Å². The van der Waals surface area contributed by atoms with Gasteiger partial charge in [-0.05, 0) is 44.1 Å². The van der Waals surface area contributed by atoms with Crippen LogP contribution in [0.4, 0.5) is 0 Å². The summed E-state index contributed by atoms with van der Waals surface area (Å²) in [6.45, 7) is 2.84. The SMILES string of the molecule is COc1ccccc1Cc1noc2c(CN3CCCCC3)c(O)ccc12. The maximum Gasteiger partial charge on any atom is 0.175 e. The van der Waals surface area contributed by atoms with Crippen LogP contribution in [0.5, 0.6) is 11.5 Å². The zero-order valence-corrected chi connectivity index (χ0v) is 15.1. The largest absolute Gasteiger partial charge is 0.507 e. The third-order valence-corrected chi connectivity index (χ3v) is 5.17. The standard InChI is InChI=1S/C21H24N2O3/c1-25-20-8-4-3-7-15(20)13-18-16-9-10-19(24)17(21(16)26-22-18)14-23-11-5-2-6-12-23/h3-4,7-10,24H,2,5-6,11-14H2,1H3. The highest BCUT2D eigenvalue weighted by Gasteiger charge is 2.20. The molecule has 5 nitrogen and oxygen atoms in total. The van der Waals surface area contributed by atoms with Crippen LogP contribution in [0, 0.1) is 0 Å².